The fourth-order valence-corrected chi connectivity index (χ4v) is 5.04. The fourth-order valence-electron chi connectivity index (χ4n) is 5.04. The number of nitrogens with two attached hydrogens (primary N) is 1. The number of rotatable bonds is 16. The Bertz CT molecular complexity index is 1720. The number of phenols is 2. The monoisotopic (exact) mass is 730 g/mol. The zero-order chi connectivity index (χ0) is 37.9. The third-order valence-electron chi connectivity index (χ3n) is 7.81. The Hall–Kier alpha value is -5.69. The van der Waals surface area contributed by atoms with Gasteiger partial charge < -0.3 is 75.4 Å². The molecule has 10 N–H and O–H groups in total. The first-order valence-electron chi connectivity index (χ1n) is 16.0. The number of guanidine groups is 1. The molecule has 3 aromatic carbocycles. The van der Waals surface area contributed by atoms with Crippen LogP contribution in [0, 0.1) is 0 Å². The molecule has 0 spiro atoms. The summed E-state index contributed by atoms with van der Waals surface area (Å²) in [6.07, 6.45) is -8.29. The Labute approximate surface area is 297 Å². The number of aromatic carboxylic acids is 1. The van der Waals surface area contributed by atoms with Crippen LogP contribution in [0.25, 0.3) is 0 Å². The summed E-state index contributed by atoms with van der Waals surface area (Å²) in [6, 6.07) is 12.7. The minimum absolute atomic E-state index is 0.0237. The molecule has 18 nitrogen and oxygen atoms in total. The van der Waals surface area contributed by atoms with Gasteiger partial charge in [0.2, 0.25) is 17.8 Å². The van der Waals surface area contributed by atoms with Gasteiger partial charge in [0.15, 0.2) is 35.7 Å². The highest BCUT2D eigenvalue weighted by Gasteiger charge is 2.46. The second-order valence-electron chi connectivity index (χ2n) is 11.2. The summed E-state index contributed by atoms with van der Waals surface area (Å²) < 4.78 is 33.3. The molecule has 282 valence electrons. The van der Waals surface area contributed by atoms with Crippen molar-refractivity contribution >= 4 is 23.6 Å². The minimum atomic E-state index is -1.87. The second-order valence-corrected chi connectivity index (χ2v) is 11.2. The number of aliphatic imine (C=N–C) groups is 1. The van der Waals surface area contributed by atoms with Crippen LogP contribution in [0.2, 0.25) is 0 Å². The number of carboxylic acid groups (broad SMARTS) is 1. The molecule has 5 atom stereocenters. The molecule has 1 aliphatic heterocycles. The number of aliphatic hydroxyl groups excluding tert-OH is 3. The molecule has 0 saturated carbocycles. The SMILES string of the molecule is CCNc1cc(O[C@H]2O[C@H](COC(=O)c3cc(OC)c(O)c(OCCc4ccccc4)c3O)[C@@H](O)[C@H](O)[C@H]2O)c(OCNC(N)=NC)cc1C(=O)O. The van der Waals surface area contributed by atoms with Crippen molar-refractivity contribution < 1.29 is 68.6 Å². The number of nitrogens with zero attached hydrogens (tertiary/aromatic N) is 1. The average molecular weight is 731 g/mol. The molecule has 1 saturated heterocycles. The molecule has 3 aromatic rings. The number of aliphatic hydroxyl groups is 3. The molecule has 1 aliphatic rings. The Kier molecular flexibility index (Phi) is 13.5. The summed E-state index contributed by atoms with van der Waals surface area (Å²) in [4.78, 5) is 28.9. The molecule has 4 rings (SSSR count). The number of benzene rings is 3. The maximum absolute atomic E-state index is 13.2. The zero-order valence-electron chi connectivity index (χ0n) is 28.5. The number of carbonyl (C=O) groups excluding carboxylic acids is 1. The first kappa shape index (κ1) is 39.1. The van der Waals surface area contributed by atoms with E-state index in [0.29, 0.717) is 13.0 Å². The van der Waals surface area contributed by atoms with E-state index in [0.717, 1.165) is 17.7 Å². The van der Waals surface area contributed by atoms with Gasteiger partial charge in [-0.2, -0.15) is 0 Å². The normalized spacial score (nSPS) is 20.0. The van der Waals surface area contributed by atoms with Crippen molar-refractivity contribution in [3.63, 3.8) is 0 Å². The van der Waals surface area contributed by atoms with Crippen molar-refractivity contribution in [2.75, 3.05) is 46.0 Å². The fraction of sp³-hybridized carbons (Fsp3) is 0.382. The van der Waals surface area contributed by atoms with E-state index in [9.17, 15) is 40.2 Å². The van der Waals surface area contributed by atoms with Crippen LogP contribution in [0.15, 0.2) is 53.5 Å². The van der Waals surface area contributed by atoms with E-state index >= 15 is 0 Å². The van der Waals surface area contributed by atoms with Crippen molar-refractivity contribution in [3.8, 4) is 34.5 Å². The van der Waals surface area contributed by atoms with E-state index in [1.165, 1.54) is 20.2 Å². The van der Waals surface area contributed by atoms with Crippen LogP contribution < -0.4 is 35.3 Å². The van der Waals surface area contributed by atoms with E-state index in [-0.39, 0.29) is 47.8 Å². The standard InChI is InChI=1S/C34H42N4O14/c1-4-37-20-14-22(21(12-18(20)31(44)45)50-16-38-34(35)36-2)51-33-29(43)28(42)26(40)24(52-33)15-49-32(46)19-13-23(47-3)27(41)30(25(19)39)48-11-10-17-8-6-5-7-9-17/h5-9,12-14,24,26,28-29,33,37,39-43H,4,10-11,15-16H2,1-3H3,(H,44,45)(H3,35,36,38)/t24-,26-,28+,29-,33+/m1/s1. The van der Waals surface area contributed by atoms with Gasteiger partial charge in [0.1, 0.15) is 36.6 Å². The van der Waals surface area contributed by atoms with E-state index in [1.54, 1.807) is 6.92 Å². The summed E-state index contributed by atoms with van der Waals surface area (Å²) in [5, 5.41) is 69.0. The van der Waals surface area contributed by atoms with Crippen molar-refractivity contribution in [2.24, 2.45) is 10.7 Å². The lowest BCUT2D eigenvalue weighted by atomic mass is 9.99. The number of anilines is 1. The molecule has 0 unspecified atom stereocenters. The number of ether oxygens (including phenoxy) is 6. The van der Waals surface area contributed by atoms with Crippen LogP contribution >= 0.6 is 0 Å². The highest BCUT2D eigenvalue weighted by atomic mass is 16.7. The van der Waals surface area contributed by atoms with Gasteiger partial charge in [0, 0.05) is 38.2 Å². The number of aromatic hydroxyl groups is 2. The smallest absolute Gasteiger partial charge is 0.342 e. The van der Waals surface area contributed by atoms with Gasteiger partial charge in [0.05, 0.1) is 25.0 Å². The van der Waals surface area contributed by atoms with Gasteiger partial charge in [-0.05, 0) is 12.5 Å². The molecule has 0 aliphatic carbocycles. The number of phenolic OH excluding ortho intramolecular Hbond substituents is 2. The highest BCUT2D eigenvalue weighted by Crippen LogP contribution is 2.46. The summed E-state index contributed by atoms with van der Waals surface area (Å²) in [6.45, 7) is 1.09. The molecule has 52 heavy (non-hydrogen) atoms. The van der Waals surface area contributed by atoms with Gasteiger partial charge in [-0.15, -0.1) is 0 Å². The topological polar surface area (TPSA) is 273 Å². The first-order chi connectivity index (χ1) is 24.9. The first-order valence-corrected chi connectivity index (χ1v) is 16.0. The molecule has 0 aromatic heterocycles. The predicted molar refractivity (Wildman–Crippen MR) is 183 cm³/mol. The number of hydrogen-bond donors (Lipinski definition) is 9. The van der Waals surface area contributed by atoms with Crippen molar-refractivity contribution in [2.45, 2.75) is 44.1 Å². The molecule has 1 fully saturated rings. The van der Waals surface area contributed by atoms with Crippen LogP contribution in [0.3, 0.4) is 0 Å². The summed E-state index contributed by atoms with van der Waals surface area (Å²) >= 11 is 0. The van der Waals surface area contributed by atoms with Gasteiger partial charge in [-0.3, -0.25) is 4.99 Å². The third-order valence-corrected chi connectivity index (χ3v) is 7.81. The van der Waals surface area contributed by atoms with Gasteiger partial charge >= 0.3 is 11.9 Å². The lowest BCUT2D eigenvalue weighted by Crippen LogP contribution is -2.60. The largest absolute Gasteiger partial charge is 0.504 e. The summed E-state index contributed by atoms with van der Waals surface area (Å²) in [5.41, 5.74) is 6.06. The maximum atomic E-state index is 13.2. The zero-order valence-corrected chi connectivity index (χ0v) is 28.5. The van der Waals surface area contributed by atoms with E-state index in [1.807, 2.05) is 30.3 Å². The Morgan fingerprint density at radius 2 is 1.65 bits per heavy atom. The van der Waals surface area contributed by atoms with Crippen LogP contribution in [0.1, 0.15) is 33.2 Å². The maximum Gasteiger partial charge on any atom is 0.342 e. The van der Waals surface area contributed by atoms with Gasteiger partial charge in [0.25, 0.3) is 0 Å². The summed E-state index contributed by atoms with van der Waals surface area (Å²) in [5.74, 6) is -4.60. The number of carboxylic acids is 1. The highest BCUT2D eigenvalue weighted by molar-refractivity contribution is 5.96. The van der Waals surface area contributed by atoms with Gasteiger partial charge in [-0.25, -0.2) is 9.59 Å². The lowest BCUT2D eigenvalue weighted by Gasteiger charge is -2.40. The average Bonchev–Trinajstić information content (AvgIpc) is 3.13. The molecule has 18 heteroatoms. The number of esters is 1. The Morgan fingerprint density at radius 1 is 0.942 bits per heavy atom. The number of methoxy groups -OCH3 is 1. The molecule has 0 radical (unpaired) electrons. The van der Waals surface area contributed by atoms with Crippen LogP contribution in [-0.4, -0.2) is 120 Å². The number of carbonyl (C=O) groups is 2. The summed E-state index contributed by atoms with van der Waals surface area (Å²) in [7, 11) is 2.66. The van der Waals surface area contributed by atoms with Crippen LogP contribution in [0.5, 0.6) is 34.5 Å². The minimum Gasteiger partial charge on any atom is -0.504 e. The van der Waals surface area contributed by atoms with Crippen LogP contribution in [-0.2, 0) is 15.9 Å². The number of hydrogen-bond acceptors (Lipinski definition) is 15. The molecule has 0 amide bonds. The lowest BCUT2D eigenvalue weighted by molar-refractivity contribution is -0.277. The van der Waals surface area contributed by atoms with Gasteiger partial charge in [-0.1, -0.05) is 30.3 Å². The molecular formula is C34H42N4O14. The third kappa shape index (κ3) is 9.34. The Morgan fingerprint density at radius 3 is 2.31 bits per heavy atom. The molecular weight excluding hydrogens is 688 g/mol. The number of nitrogens with one attached hydrogen (secondary N) is 2. The van der Waals surface area contributed by atoms with E-state index in [4.69, 9.17) is 34.2 Å². The van der Waals surface area contributed by atoms with Crippen molar-refractivity contribution in [1.82, 2.24) is 5.32 Å². The van der Waals surface area contributed by atoms with E-state index < -0.39 is 72.1 Å². The van der Waals surface area contributed by atoms with Crippen molar-refractivity contribution in [1.29, 1.82) is 0 Å². The molecule has 0 bridgehead atoms. The molecule has 1 heterocycles. The Balaban J connectivity index is 1.53. The second kappa shape index (κ2) is 18.0. The van der Waals surface area contributed by atoms with E-state index in [2.05, 4.69) is 15.6 Å². The predicted octanol–water partition coefficient (Wildman–Crippen LogP) is 0.772. The van der Waals surface area contributed by atoms with Crippen LogP contribution in [0.4, 0.5) is 5.69 Å². The van der Waals surface area contributed by atoms with Crippen molar-refractivity contribution in [3.05, 3.63) is 65.2 Å². The quantitative estimate of drug-likeness (QED) is 0.0426.